The van der Waals surface area contributed by atoms with E-state index in [1.54, 1.807) is 6.07 Å². The third-order valence-electron chi connectivity index (χ3n) is 1.85. The van der Waals surface area contributed by atoms with Crippen LogP contribution in [0.5, 0.6) is 0 Å². The maximum Gasteiger partial charge on any atom is 1.00 e. The van der Waals surface area contributed by atoms with Gasteiger partial charge in [0.2, 0.25) is 0 Å². The molecule has 0 aliphatic heterocycles. The van der Waals surface area contributed by atoms with Gasteiger partial charge in [0.1, 0.15) is 0 Å². The normalized spacial score (nSPS) is 9.78. The first-order valence-corrected chi connectivity index (χ1v) is 6.57. The zero-order chi connectivity index (χ0) is 13.3. The van der Waals surface area contributed by atoms with Gasteiger partial charge in [-0.1, -0.05) is 6.07 Å². The van der Waals surface area contributed by atoms with Gasteiger partial charge in [-0.05, 0) is 0 Å². The second kappa shape index (κ2) is 10.8. The number of hydrogen-bond acceptors (Lipinski definition) is 4. The smallest absolute Gasteiger partial charge is 0.894 e. The second-order valence-electron chi connectivity index (χ2n) is 3.18. The molecule has 0 saturated carbocycles. The molecule has 0 N–H and O–H groups in total. The predicted octanol–water partition coefficient (Wildman–Crippen LogP) is -2.31. The molecular formula is C12H15NaO4S-4. The van der Waals surface area contributed by atoms with E-state index in [2.05, 4.69) is 13.8 Å². The van der Waals surface area contributed by atoms with E-state index in [4.69, 9.17) is 0 Å². The molecule has 0 spiro atoms. The molecule has 4 nitrogen and oxygen atoms in total. The molecule has 0 amide bonds. The van der Waals surface area contributed by atoms with Crippen LogP contribution in [0.2, 0.25) is 0 Å². The van der Waals surface area contributed by atoms with Gasteiger partial charge in [-0.25, -0.2) is 20.4 Å². The molecule has 0 unspecified atom stereocenters. The van der Waals surface area contributed by atoms with Gasteiger partial charge in [-0.15, -0.1) is 12.1 Å². The summed E-state index contributed by atoms with van der Waals surface area (Å²) < 4.78 is 28.9. The molecule has 98 valence electrons. The maximum atomic E-state index is 10.4. The number of benzene rings is 1. The summed E-state index contributed by atoms with van der Waals surface area (Å²) in [5.41, 5.74) is 1.76. The minimum Gasteiger partial charge on any atom is -0.894 e. The van der Waals surface area contributed by atoms with Crippen molar-refractivity contribution in [3.8, 4) is 0 Å². The summed E-state index contributed by atoms with van der Waals surface area (Å²) in [4.78, 5) is 0. The van der Waals surface area contributed by atoms with Gasteiger partial charge in [0.05, 0.1) is 10.1 Å². The van der Waals surface area contributed by atoms with Crippen molar-refractivity contribution >= 4 is 10.1 Å². The summed E-state index contributed by atoms with van der Waals surface area (Å²) in [5, 5.41) is 10.4. The molecule has 6 heteroatoms. The van der Waals surface area contributed by atoms with Gasteiger partial charge < -0.3 is 23.5 Å². The predicted molar refractivity (Wildman–Crippen MR) is 63.4 cm³/mol. The van der Waals surface area contributed by atoms with Crippen molar-refractivity contribution in [3.05, 3.63) is 55.8 Å². The van der Waals surface area contributed by atoms with Crippen molar-refractivity contribution in [2.24, 2.45) is 0 Å². The molecule has 0 fully saturated rings. The second-order valence-corrected chi connectivity index (χ2v) is 4.71. The van der Waals surface area contributed by atoms with Crippen molar-refractivity contribution in [2.45, 2.75) is 12.8 Å². The van der Waals surface area contributed by atoms with Crippen molar-refractivity contribution in [2.75, 3.05) is 5.75 Å². The van der Waals surface area contributed by atoms with Crippen LogP contribution >= 0.6 is 0 Å². The molecule has 1 aromatic rings. The van der Waals surface area contributed by atoms with Crippen LogP contribution in [-0.4, -0.2) is 18.7 Å². The SMILES string of the molecule is [CH2-]CCS(=O)(=O)[O-].[CH2-]Cc1ccccc1[CH-][O-].[Na+]. The molecular weight excluding hydrogens is 263 g/mol. The fraction of sp³-hybridized carbons (Fsp3) is 0.250. The summed E-state index contributed by atoms with van der Waals surface area (Å²) in [5.74, 6) is -0.354. The Balaban J connectivity index is 0. The Bertz CT molecular complexity index is 395. The van der Waals surface area contributed by atoms with E-state index >= 15 is 0 Å². The Morgan fingerprint density at radius 2 is 1.78 bits per heavy atom. The third-order valence-corrected chi connectivity index (χ3v) is 2.63. The summed E-state index contributed by atoms with van der Waals surface area (Å²) in [7, 11) is -3.99. The Kier molecular flexibility index (Phi) is 12.2. The van der Waals surface area contributed by atoms with Crippen molar-refractivity contribution < 1.29 is 47.6 Å². The summed E-state index contributed by atoms with van der Waals surface area (Å²) in [6, 6.07) is 7.47. The van der Waals surface area contributed by atoms with Crippen LogP contribution in [0.4, 0.5) is 0 Å². The quantitative estimate of drug-likeness (QED) is 0.352. The average Bonchev–Trinajstić information content (AvgIpc) is 2.28. The first kappa shape index (κ1) is 20.3. The van der Waals surface area contributed by atoms with E-state index < -0.39 is 10.1 Å². The van der Waals surface area contributed by atoms with E-state index in [-0.39, 0.29) is 41.7 Å². The fourth-order valence-corrected chi connectivity index (χ4v) is 1.41. The Hall–Kier alpha value is -0.0400. The van der Waals surface area contributed by atoms with E-state index in [9.17, 15) is 18.1 Å². The van der Waals surface area contributed by atoms with Crippen LogP contribution in [0.1, 0.15) is 17.5 Å². The maximum absolute atomic E-state index is 10.4. The molecule has 18 heavy (non-hydrogen) atoms. The van der Waals surface area contributed by atoms with Gasteiger partial charge in [0.25, 0.3) is 0 Å². The van der Waals surface area contributed by atoms with Gasteiger partial charge >= 0.3 is 29.6 Å². The van der Waals surface area contributed by atoms with Crippen molar-refractivity contribution in [3.63, 3.8) is 0 Å². The van der Waals surface area contributed by atoms with Crippen LogP contribution in [0.3, 0.4) is 0 Å². The molecule has 0 bridgehead atoms. The molecule has 0 heterocycles. The minimum absolute atomic E-state index is 0. The molecule has 0 aliphatic rings. The number of hydrogen-bond donors (Lipinski definition) is 0. The van der Waals surface area contributed by atoms with Crippen LogP contribution in [0, 0.1) is 20.5 Å². The summed E-state index contributed by atoms with van der Waals surface area (Å²) >= 11 is 0. The van der Waals surface area contributed by atoms with Crippen molar-refractivity contribution in [1.29, 1.82) is 0 Å². The first-order chi connectivity index (χ1) is 7.94. The Morgan fingerprint density at radius 3 is 2.06 bits per heavy atom. The first-order valence-electron chi connectivity index (χ1n) is 4.99. The van der Waals surface area contributed by atoms with Gasteiger partial charge in [0.15, 0.2) is 0 Å². The van der Waals surface area contributed by atoms with E-state index in [1.807, 2.05) is 18.2 Å². The molecule has 0 aliphatic carbocycles. The molecule has 0 saturated heterocycles. The zero-order valence-corrected chi connectivity index (χ0v) is 13.3. The van der Waals surface area contributed by atoms with Crippen LogP contribution in [0.25, 0.3) is 0 Å². The fourth-order valence-electron chi connectivity index (χ4n) is 1.05. The average molecular weight is 278 g/mol. The van der Waals surface area contributed by atoms with Crippen LogP contribution in [0.15, 0.2) is 24.3 Å². The zero-order valence-electron chi connectivity index (χ0n) is 10.5. The van der Waals surface area contributed by atoms with E-state index in [0.717, 1.165) is 17.7 Å². The molecule has 1 aromatic carbocycles. The molecule has 0 radical (unpaired) electrons. The largest absolute Gasteiger partial charge is 1.00 e. The van der Waals surface area contributed by atoms with Crippen LogP contribution in [-0.2, 0) is 16.5 Å². The number of rotatable bonds is 4. The summed E-state index contributed by atoms with van der Waals surface area (Å²) in [6.07, 6.45) is 0.834. The monoisotopic (exact) mass is 278 g/mol. The third kappa shape index (κ3) is 9.94. The molecule has 1 rings (SSSR count). The Morgan fingerprint density at radius 1 is 1.22 bits per heavy atom. The van der Waals surface area contributed by atoms with Gasteiger partial charge in [0, 0.05) is 5.75 Å². The Labute approximate surface area is 131 Å². The minimum atomic E-state index is -3.99. The van der Waals surface area contributed by atoms with Crippen LogP contribution < -0.4 is 34.7 Å². The standard InChI is InChI=1S/C9H9O.C3H7O3S.Na/c1-2-8-5-3-4-6-9(8)7-10;1-2-3-7(4,5)6;/h3-7H,1-2H2;1-3H2,(H,4,5,6);/q-3;-1;+1/p-1. The van der Waals surface area contributed by atoms with E-state index in [1.165, 1.54) is 0 Å². The van der Waals surface area contributed by atoms with Crippen molar-refractivity contribution in [1.82, 2.24) is 0 Å². The summed E-state index contributed by atoms with van der Waals surface area (Å²) in [6.45, 7) is 7.76. The molecule has 0 atom stereocenters. The van der Waals surface area contributed by atoms with E-state index in [0.29, 0.717) is 6.42 Å². The topological polar surface area (TPSA) is 80.3 Å². The van der Waals surface area contributed by atoms with Gasteiger partial charge in [-0.2, -0.15) is 18.1 Å². The molecule has 0 aromatic heterocycles. The van der Waals surface area contributed by atoms with Gasteiger partial charge in [-0.3, -0.25) is 6.61 Å².